The summed E-state index contributed by atoms with van der Waals surface area (Å²) in [6, 6.07) is 8.36. The zero-order valence-corrected chi connectivity index (χ0v) is 9.53. The molecule has 0 aliphatic rings. The third-order valence-electron chi connectivity index (χ3n) is 2.46. The molecule has 0 radical (unpaired) electrons. The van der Waals surface area contributed by atoms with E-state index in [2.05, 4.69) is 16.5 Å². The molecule has 2 aromatic rings. The van der Waals surface area contributed by atoms with Gasteiger partial charge in [-0.25, -0.2) is 4.39 Å². The van der Waals surface area contributed by atoms with Crippen molar-refractivity contribution >= 4 is 11.5 Å². The molecule has 0 spiro atoms. The van der Waals surface area contributed by atoms with Crippen LogP contribution in [0.2, 0.25) is 0 Å². The molecule has 4 nitrogen and oxygen atoms in total. The number of benzene rings is 1. The highest BCUT2D eigenvalue weighted by Gasteiger charge is 2.13. The van der Waals surface area contributed by atoms with E-state index in [4.69, 9.17) is 5.26 Å². The first-order valence-electron chi connectivity index (χ1n) is 5.08. The Morgan fingerprint density at radius 3 is 2.76 bits per heavy atom. The van der Waals surface area contributed by atoms with E-state index in [1.807, 2.05) is 0 Å². The van der Waals surface area contributed by atoms with Crippen LogP contribution in [-0.2, 0) is 7.05 Å². The third kappa shape index (κ3) is 1.97. The maximum atomic E-state index is 13.5. The topological polar surface area (TPSA) is 53.6 Å². The van der Waals surface area contributed by atoms with Crippen LogP contribution in [0.1, 0.15) is 11.3 Å². The molecule has 1 N–H and O–H groups in total. The molecule has 5 heteroatoms. The lowest BCUT2D eigenvalue weighted by Crippen LogP contribution is -2.01. The van der Waals surface area contributed by atoms with Gasteiger partial charge in [0.05, 0.1) is 11.4 Å². The molecule has 0 saturated heterocycles. The molecule has 0 bridgehead atoms. The second-order valence-electron chi connectivity index (χ2n) is 3.65. The van der Waals surface area contributed by atoms with Gasteiger partial charge in [-0.1, -0.05) is 12.1 Å². The standard InChI is InChI=1S/C12H11FN4/c1-8-9(7-14)12(17(2)16-8)15-11-6-4-3-5-10(11)13/h3-6,15H,1-2H3. The van der Waals surface area contributed by atoms with E-state index in [1.54, 1.807) is 32.2 Å². The van der Waals surface area contributed by atoms with E-state index >= 15 is 0 Å². The van der Waals surface area contributed by atoms with Gasteiger partial charge in [-0.2, -0.15) is 10.4 Å². The van der Waals surface area contributed by atoms with Gasteiger partial charge in [0.25, 0.3) is 0 Å². The van der Waals surface area contributed by atoms with Crippen LogP contribution in [0.5, 0.6) is 0 Å². The Labute approximate surface area is 98.3 Å². The molecular formula is C12H11FN4. The van der Waals surface area contributed by atoms with E-state index in [0.717, 1.165) is 0 Å². The highest BCUT2D eigenvalue weighted by Crippen LogP contribution is 2.23. The number of nitriles is 1. The normalized spacial score (nSPS) is 10.0. The predicted octanol–water partition coefficient (Wildman–Crippen LogP) is 2.48. The van der Waals surface area contributed by atoms with E-state index in [-0.39, 0.29) is 5.82 Å². The monoisotopic (exact) mass is 230 g/mol. The van der Waals surface area contributed by atoms with Crippen LogP contribution in [0.3, 0.4) is 0 Å². The van der Waals surface area contributed by atoms with Crippen molar-refractivity contribution < 1.29 is 4.39 Å². The van der Waals surface area contributed by atoms with Crippen LogP contribution in [0.15, 0.2) is 24.3 Å². The van der Waals surface area contributed by atoms with Crippen LogP contribution < -0.4 is 5.32 Å². The molecule has 1 heterocycles. The first-order chi connectivity index (χ1) is 8.13. The van der Waals surface area contributed by atoms with E-state index in [9.17, 15) is 4.39 Å². The molecule has 0 fully saturated rings. The summed E-state index contributed by atoms with van der Waals surface area (Å²) < 4.78 is 15.0. The van der Waals surface area contributed by atoms with Crippen molar-refractivity contribution in [2.75, 3.05) is 5.32 Å². The summed E-state index contributed by atoms with van der Waals surface area (Å²) in [5.41, 5.74) is 1.37. The minimum atomic E-state index is -0.366. The molecule has 2 rings (SSSR count). The summed E-state index contributed by atoms with van der Waals surface area (Å²) in [7, 11) is 1.71. The molecule has 0 unspecified atom stereocenters. The fourth-order valence-corrected chi connectivity index (χ4v) is 1.63. The van der Waals surface area contributed by atoms with Crippen LogP contribution in [-0.4, -0.2) is 9.78 Å². The number of rotatable bonds is 2. The number of halogens is 1. The van der Waals surface area contributed by atoms with Crippen molar-refractivity contribution in [2.45, 2.75) is 6.92 Å². The summed E-state index contributed by atoms with van der Waals surface area (Å²) in [6.45, 7) is 1.74. The number of nitrogens with one attached hydrogen (secondary N) is 1. The Balaban J connectivity index is 2.44. The zero-order valence-electron chi connectivity index (χ0n) is 9.53. The van der Waals surface area contributed by atoms with Crippen molar-refractivity contribution in [1.29, 1.82) is 5.26 Å². The smallest absolute Gasteiger partial charge is 0.146 e. The number of hydrogen-bond acceptors (Lipinski definition) is 3. The van der Waals surface area contributed by atoms with Gasteiger partial charge >= 0.3 is 0 Å². The SMILES string of the molecule is Cc1nn(C)c(Nc2ccccc2F)c1C#N. The van der Waals surface area contributed by atoms with E-state index < -0.39 is 0 Å². The summed E-state index contributed by atoms with van der Waals surface area (Å²) in [4.78, 5) is 0. The molecule has 0 aliphatic carbocycles. The lowest BCUT2D eigenvalue weighted by molar-refractivity contribution is 0.631. The number of hydrogen-bond donors (Lipinski definition) is 1. The van der Waals surface area contributed by atoms with Gasteiger partial charge in [-0.15, -0.1) is 0 Å². The minimum absolute atomic E-state index is 0.326. The maximum Gasteiger partial charge on any atom is 0.146 e. The summed E-state index contributed by atoms with van der Waals surface area (Å²) >= 11 is 0. The number of para-hydroxylation sites is 1. The van der Waals surface area contributed by atoms with Gasteiger partial charge in [0.1, 0.15) is 23.3 Å². The molecule has 0 atom stereocenters. The lowest BCUT2D eigenvalue weighted by atomic mass is 10.2. The maximum absolute atomic E-state index is 13.5. The average Bonchev–Trinajstić information content (AvgIpc) is 2.56. The Morgan fingerprint density at radius 2 is 2.12 bits per heavy atom. The zero-order chi connectivity index (χ0) is 12.4. The minimum Gasteiger partial charge on any atom is -0.337 e. The molecule has 0 saturated carbocycles. The van der Waals surface area contributed by atoms with Gasteiger partial charge in [-0.05, 0) is 19.1 Å². The Kier molecular flexibility index (Phi) is 2.79. The Bertz CT molecular complexity index is 595. The second-order valence-corrected chi connectivity index (χ2v) is 3.65. The van der Waals surface area contributed by atoms with Crippen molar-refractivity contribution in [1.82, 2.24) is 9.78 Å². The highest BCUT2D eigenvalue weighted by molar-refractivity contribution is 5.64. The molecule has 17 heavy (non-hydrogen) atoms. The Morgan fingerprint density at radius 1 is 1.41 bits per heavy atom. The molecule has 1 aromatic carbocycles. The molecule has 0 aliphatic heterocycles. The summed E-state index contributed by atoms with van der Waals surface area (Å²) in [6.07, 6.45) is 0. The van der Waals surface area contributed by atoms with Crippen LogP contribution in [0.25, 0.3) is 0 Å². The van der Waals surface area contributed by atoms with Crippen LogP contribution in [0.4, 0.5) is 15.9 Å². The van der Waals surface area contributed by atoms with Gasteiger partial charge in [-0.3, -0.25) is 4.68 Å². The summed E-state index contributed by atoms with van der Waals surface area (Å²) in [5, 5.41) is 16.0. The van der Waals surface area contributed by atoms with Crippen molar-refractivity contribution in [3.63, 3.8) is 0 Å². The van der Waals surface area contributed by atoms with E-state index in [1.165, 1.54) is 10.7 Å². The van der Waals surface area contributed by atoms with Gasteiger partial charge in [0, 0.05) is 7.05 Å². The largest absolute Gasteiger partial charge is 0.337 e. The first-order valence-corrected chi connectivity index (χ1v) is 5.08. The van der Waals surface area contributed by atoms with Crippen LogP contribution in [0, 0.1) is 24.1 Å². The number of aromatic nitrogens is 2. The number of nitrogens with zero attached hydrogens (tertiary/aromatic N) is 3. The highest BCUT2D eigenvalue weighted by atomic mass is 19.1. The summed E-state index contributed by atoms with van der Waals surface area (Å²) in [5.74, 6) is 0.130. The lowest BCUT2D eigenvalue weighted by Gasteiger charge is -2.07. The fourth-order valence-electron chi connectivity index (χ4n) is 1.63. The van der Waals surface area contributed by atoms with E-state index in [0.29, 0.717) is 22.8 Å². The molecule has 86 valence electrons. The van der Waals surface area contributed by atoms with Crippen LogP contribution >= 0.6 is 0 Å². The number of aryl methyl sites for hydroxylation is 2. The second kappa shape index (κ2) is 4.26. The molecule has 1 aromatic heterocycles. The first kappa shape index (κ1) is 11.1. The molecule has 0 amide bonds. The van der Waals surface area contributed by atoms with Crippen molar-refractivity contribution in [3.05, 3.63) is 41.3 Å². The Hall–Kier alpha value is -2.35. The van der Waals surface area contributed by atoms with Crippen molar-refractivity contribution in [2.24, 2.45) is 7.05 Å². The van der Waals surface area contributed by atoms with Crippen molar-refractivity contribution in [3.8, 4) is 6.07 Å². The van der Waals surface area contributed by atoms with Gasteiger partial charge in [0.15, 0.2) is 0 Å². The number of anilines is 2. The van der Waals surface area contributed by atoms with Gasteiger partial charge < -0.3 is 5.32 Å². The predicted molar refractivity (Wildman–Crippen MR) is 62.3 cm³/mol. The third-order valence-corrected chi connectivity index (χ3v) is 2.46. The van der Waals surface area contributed by atoms with Gasteiger partial charge in [0.2, 0.25) is 0 Å². The fraction of sp³-hybridized carbons (Fsp3) is 0.167. The average molecular weight is 230 g/mol. The molecular weight excluding hydrogens is 219 g/mol. The quantitative estimate of drug-likeness (QED) is 0.862.